The molecule has 19 heavy (non-hydrogen) atoms. The molecule has 0 aromatic carbocycles. The van der Waals surface area contributed by atoms with E-state index < -0.39 is 0 Å². The van der Waals surface area contributed by atoms with Gasteiger partial charge in [0.1, 0.15) is 11.6 Å². The third-order valence-corrected chi connectivity index (χ3v) is 3.67. The lowest BCUT2D eigenvalue weighted by atomic mass is 10.1. The first-order chi connectivity index (χ1) is 9.26. The standard InChI is InChI=1S/C12H20N6O/c1-14-9-7-18(8-9)11-6-10(15-12(13)16-11)17-2-4-19-5-3-17/h6,9,14H,2-5,7-8H2,1H3,(H2,13,15,16). The summed E-state index contributed by atoms with van der Waals surface area (Å²) in [5.74, 6) is 2.16. The fraction of sp³-hybridized carbons (Fsp3) is 0.667. The van der Waals surface area contributed by atoms with E-state index in [0.717, 1.165) is 51.0 Å². The molecule has 0 radical (unpaired) electrons. The summed E-state index contributed by atoms with van der Waals surface area (Å²) in [6.45, 7) is 5.13. The first-order valence-electron chi connectivity index (χ1n) is 6.66. The zero-order valence-electron chi connectivity index (χ0n) is 11.2. The molecule has 7 heteroatoms. The SMILES string of the molecule is CNC1CN(c2cc(N3CCOCC3)nc(N)n2)C1. The van der Waals surface area contributed by atoms with Crippen LogP contribution in [0.1, 0.15) is 0 Å². The lowest BCUT2D eigenvalue weighted by Crippen LogP contribution is -2.57. The molecule has 3 N–H and O–H groups in total. The molecule has 0 aliphatic carbocycles. The Morgan fingerprint density at radius 2 is 1.84 bits per heavy atom. The molecule has 2 aliphatic heterocycles. The summed E-state index contributed by atoms with van der Waals surface area (Å²) < 4.78 is 5.36. The number of aromatic nitrogens is 2. The summed E-state index contributed by atoms with van der Waals surface area (Å²) in [7, 11) is 1.98. The highest BCUT2D eigenvalue weighted by Gasteiger charge is 2.27. The van der Waals surface area contributed by atoms with E-state index >= 15 is 0 Å². The van der Waals surface area contributed by atoms with E-state index in [1.807, 2.05) is 13.1 Å². The van der Waals surface area contributed by atoms with Crippen LogP contribution in [-0.4, -0.2) is 62.5 Å². The number of rotatable bonds is 3. The number of morpholine rings is 1. The monoisotopic (exact) mass is 264 g/mol. The average Bonchev–Trinajstić information content (AvgIpc) is 2.38. The number of nitrogen functional groups attached to an aromatic ring is 1. The molecule has 2 saturated heterocycles. The second-order valence-corrected chi connectivity index (χ2v) is 4.93. The fourth-order valence-corrected chi connectivity index (χ4v) is 2.40. The van der Waals surface area contributed by atoms with Crippen molar-refractivity contribution in [1.82, 2.24) is 15.3 Å². The van der Waals surface area contributed by atoms with E-state index in [0.29, 0.717) is 12.0 Å². The Morgan fingerprint density at radius 1 is 1.21 bits per heavy atom. The third kappa shape index (κ3) is 2.57. The van der Waals surface area contributed by atoms with Crippen molar-refractivity contribution in [3.05, 3.63) is 6.07 Å². The lowest BCUT2D eigenvalue weighted by molar-refractivity contribution is 0.122. The fourth-order valence-electron chi connectivity index (χ4n) is 2.40. The molecule has 3 heterocycles. The molecule has 104 valence electrons. The van der Waals surface area contributed by atoms with Crippen LogP contribution >= 0.6 is 0 Å². The second-order valence-electron chi connectivity index (χ2n) is 4.93. The highest BCUT2D eigenvalue weighted by Crippen LogP contribution is 2.24. The van der Waals surface area contributed by atoms with Gasteiger partial charge in [-0.05, 0) is 7.05 Å². The molecule has 2 fully saturated rings. The summed E-state index contributed by atoms with van der Waals surface area (Å²) in [4.78, 5) is 13.1. The van der Waals surface area contributed by atoms with Gasteiger partial charge in [-0.1, -0.05) is 0 Å². The van der Waals surface area contributed by atoms with Gasteiger partial charge in [0.25, 0.3) is 0 Å². The molecule has 0 saturated carbocycles. The van der Waals surface area contributed by atoms with Crippen molar-refractivity contribution < 1.29 is 4.74 Å². The minimum absolute atomic E-state index is 0.340. The Hall–Kier alpha value is -1.60. The van der Waals surface area contributed by atoms with Gasteiger partial charge in [0.05, 0.1) is 13.2 Å². The molecule has 0 atom stereocenters. The molecule has 0 amide bonds. The van der Waals surface area contributed by atoms with Crippen LogP contribution in [0.15, 0.2) is 6.07 Å². The Morgan fingerprint density at radius 3 is 2.47 bits per heavy atom. The molecule has 2 aliphatic rings. The van der Waals surface area contributed by atoms with Crippen LogP contribution in [0.25, 0.3) is 0 Å². The number of hydrogen-bond acceptors (Lipinski definition) is 7. The van der Waals surface area contributed by atoms with Gasteiger partial charge in [-0.25, -0.2) is 0 Å². The van der Waals surface area contributed by atoms with Gasteiger partial charge in [-0.3, -0.25) is 0 Å². The maximum absolute atomic E-state index is 5.83. The smallest absolute Gasteiger partial charge is 0.223 e. The van der Waals surface area contributed by atoms with Crippen molar-refractivity contribution in [2.45, 2.75) is 6.04 Å². The van der Waals surface area contributed by atoms with Crippen molar-refractivity contribution >= 4 is 17.6 Å². The molecule has 1 aromatic heterocycles. The highest BCUT2D eigenvalue weighted by atomic mass is 16.5. The van der Waals surface area contributed by atoms with Gasteiger partial charge < -0.3 is 25.6 Å². The van der Waals surface area contributed by atoms with Crippen LogP contribution in [0.3, 0.4) is 0 Å². The summed E-state index contributed by atoms with van der Waals surface area (Å²) in [6, 6.07) is 2.57. The molecule has 1 aromatic rings. The number of nitrogens with two attached hydrogens (primary N) is 1. The lowest BCUT2D eigenvalue weighted by Gasteiger charge is -2.40. The summed E-state index contributed by atoms with van der Waals surface area (Å²) in [6.07, 6.45) is 0. The van der Waals surface area contributed by atoms with Crippen molar-refractivity contribution in [3.8, 4) is 0 Å². The van der Waals surface area contributed by atoms with Crippen molar-refractivity contribution in [3.63, 3.8) is 0 Å². The summed E-state index contributed by atoms with van der Waals surface area (Å²) in [5, 5.41) is 3.25. The zero-order chi connectivity index (χ0) is 13.2. The van der Waals surface area contributed by atoms with Gasteiger partial charge in [0.15, 0.2) is 0 Å². The van der Waals surface area contributed by atoms with E-state index in [4.69, 9.17) is 10.5 Å². The molecular weight excluding hydrogens is 244 g/mol. The van der Waals surface area contributed by atoms with E-state index in [1.165, 1.54) is 0 Å². The van der Waals surface area contributed by atoms with Crippen molar-refractivity contribution in [1.29, 1.82) is 0 Å². The largest absolute Gasteiger partial charge is 0.378 e. The van der Waals surface area contributed by atoms with E-state index in [-0.39, 0.29) is 0 Å². The number of hydrogen-bond donors (Lipinski definition) is 2. The number of ether oxygens (including phenoxy) is 1. The van der Waals surface area contributed by atoms with Crippen LogP contribution in [0.2, 0.25) is 0 Å². The first-order valence-corrected chi connectivity index (χ1v) is 6.66. The van der Waals surface area contributed by atoms with E-state index in [9.17, 15) is 0 Å². The number of anilines is 3. The van der Waals surface area contributed by atoms with Gasteiger partial charge in [-0.15, -0.1) is 0 Å². The molecule has 7 nitrogen and oxygen atoms in total. The third-order valence-electron chi connectivity index (χ3n) is 3.67. The van der Waals surface area contributed by atoms with Gasteiger partial charge in [0, 0.05) is 38.3 Å². The molecular formula is C12H20N6O. The molecule has 0 bridgehead atoms. The Balaban J connectivity index is 1.76. The number of likely N-dealkylation sites (N-methyl/N-ethyl adjacent to an activating group) is 1. The van der Waals surface area contributed by atoms with Crippen LogP contribution < -0.4 is 20.9 Å². The van der Waals surface area contributed by atoms with Gasteiger partial charge in [-0.2, -0.15) is 9.97 Å². The number of nitrogens with one attached hydrogen (secondary N) is 1. The maximum atomic E-state index is 5.83. The normalized spacial score (nSPS) is 20.5. The molecule has 0 unspecified atom stereocenters. The average molecular weight is 264 g/mol. The van der Waals surface area contributed by atoms with E-state index in [2.05, 4.69) is 25.1 Å². The minimum atomic E-state index is 0.340. The molecule has 0 spiro atoms. The van der Waals surface area contributed by atoms with Crippen molar-refractivity contribution in [2.24, 2.45) is 0 Å². The van der Waals surface area contributed by atoms with Gasteiger partial charge in [0.2, 0.25) is 5.95 Å². The maximum Gasteiger partial charge on any atom is 0.223 e. The quantitative estimate of drug-likeness (QED) is 0.747. The predicted molar refractivity (Wildman–Crippen MR) is 74.5 cm³/mol. The summed E-state index contributed by atoms with van der Waals surface area (Å²) >= 11 is 0. The predicted octanol–water partition coefficient (Wildman–Crippen LogP) is -0.697. The minimum Gasteiger partial charge on any atom is -0.378 e. The topological polar surface area (TPSA) is 79.5 Å². The Labute approximate surface area is 112 Å². The Kier molecular flexibility index (Phi) is 3.39. The van der Waals surface area contributed by atoms with E-state index in [1.54, 1.807) is 0 Å². The zero-order valence-corrected chi connectivity index (χ0v) is 11.2. The van der Waals surface area contributed by atoms with Crippen LogP contribution in [0.5, 0.6) is 0 Å². The second kappa shape index (κ2) is 5.18. The van der Waals surface area contributed by atoms with Crippen LogP contribution in [-0.2, 0) is 4.74 Å². The van der Waals surface area contributed by atoms with Gasteiger partial charge >= 0.3 is 0 Å². The highest BCUT2D eigenvalue weighted by molar-refractivity contribution is 5.55. The van der Waals surface area contributed by atoms with Crippen LogP contribution in [0, 0.1) is 0 Å². The van der Waals surface area contributed by atoms with Crippen molar-refractivity contribution in [2.75, 3.05) is 62.0 Å². The summed E-state index contributed by atoms with van der Waals surface area (Å²) in [5.41, 5.74) is 5.83. The Bertz CT molecular complexity index is 442. The first kappa shape index (κ1) is 12.4. The molecule has 3 rings (SSSR count). The van der Waals surface area contributed by atoms with Crippen LogP contribution in [0.4, 0.5) is 17.6 Å². The number of nitrogens with zero attached hydrogens (tertiary/aromatic N) is 4.